The number of thiophene rings is 1. The van der Waals surface area contributed by atoms with Gasteiger partial charge in [-0.3, -0.25) is 9.69 Å². The van der Waals surface area contributed by atoms with E-state index < -0.39 is 17.8 Å². The number of ether oxygens (including phenoxy) is 4. The fraction of sp³-hybridized carbons (Fsp3) is 0.280. The van der Waals surface area contributed by atoms with Gasteiger partial charge in [-0.2, -0.15) is 4.98 Å². The van der Waals surface area contributed by atoms with Crippen molar-refractivity contribution >= 4 is 34.5 Å². The average Bonchev–Trinajstić information content (AvgIpc) is 3.67. The summed E-state index contributed by atoms with van der Waals surface area (Å²) in [7, 11) is 2.94. The zero-order chi connectivity index (χ0) is 26.7. The van der Waals surface area contributed by atoms with Gasteiger partial charge in [-0.1, -0.05) is 11.6 Å². The molecule has 0 saturated heterocycles. The van der Waals surface area contributed by atoms with E-state index in [1.807, 2.05) is 24.5 Å². The monoisotopic (exact) mass is 557 g/mol. The van der Waals surface area contributed by atoms with Crippen molar-refractivity contribution in [2.75, 3.05) is 25.9 Å². The topological polar surface area (TPSA) is 101 Å². The van der Waals surface area contributed by atoms with E-state index in [0.717, 1.165) is 4.88 Å². The van der Waals surface area contributed by atoms with Crippen LogP contribution in [0.15, 0.2) is 30.5 Å². The van der Waals surface area contributed by atoms with Crippen molar-refractivity contribution in [2.45, 2.75) is 25.9 Å². The summed E-state index contributed by atoms with van der Waals surface area (Å²) in [4.78, 5) is 29.4. The lowest BCUT2D eigenvalue weighted by Gasteiger charge is -2.27. The Morgan fingerprint density at radius 2 is 1.92 bits per heavy atom. The van der Waals surface area contributed by atoms with Gasteiger partial charge in [-0.05, 0) is 26.0 Å². The quantitative estimate of drug-likeness (QED) is 0.316. The summed E-state index contributed by atoms with van der Waals surface area (Å²) in [6.45, 7) is 3.91. The highest BCUT2D eigenvalue weighted by molar-refractivity contribution is 7.16. The second-order valence-corrected chi connectivity index (χ2v) is 10.5. The van der Waals surface area contributed by atoms with E-state index in [4.69, 9.17) is 35.5 Å². The fourth-order valence-corrected chi connectivity index (χ4v) is 5.92. The Bertz CT molecular complexity index is 1590. The summed E-state index contributed by atoms with van der Waals surface area (Å²) < 4.78 is 39.3. The molecule has 2 aliphatic heterocycles. The minimum absolute atomic E-state index is 0.0224. The SMILES string of the molecule is COc1ncc(-c2nc3c(n2C(C)C)[C@@H](c2ccc(Cl)s2)N(c2cc4c(cc2F)OCO4)C3=O)c(OC)n1. The van der Waals surface area contributed by atoms with Gasteiger partial charge in [0.25, 0.3) is 5.91 Å². The average molecular weight is 558 g/mol. The predicted molar refractivity (Wildman–Crippen MR) is 137 cm³/mol. The molecule has 3 aromatic heterocycles. The second kappa shape index (κ2) is 9.14. The molecule has 0 radical (unpaired) electrons. The number of fused-ring (bicyclic) bond motifs is 2. The van der Waals surface area contributed by atoms with Crippen molar-refractivity contribution < 1.29 is 28.1 Å². The van der Waals surface area contributed by atoms with Crippen LogP contribution in [0.4, 0.5) is 10.1 Å². The predicted octanol–water partition coefficient (Wildman–Crippen LogP) is 5.27. The van der Waals surface area contributed by atoms with Crippen LogP contribution in [0.3, 0.4) is 0 Å². The number of anilines is 1. The number of nitrogens with zero attached hydrogens (tertiary/aromatic N) is 5. The maximum atomic E-state index is 15.4. The van der Waals surface area contributed by atoms with E-state index in [-0.39, 0.29) is 41.9 Å². The molecule has 0 bridgehead atoms. The van der Waals surface area contributed by atoms with Gasteiger partial charge < -0.3 is 23.5 Å². The third-order valence-electron chi connectivity index (χ3n) is 6.32. The summed E-state index contributed by atoms with van der Waals surface area (Å²) in [6, 6.07) is 5.54. The Morgan fingerprint density at radius 1 is 1.16 bits per heavy atom. The molecule has 1 aromatic carbocycles. The molecule has 0 aliphatic carbocycles. The number of carbonyl (C=O) groups is 1. The standard InChI is InChI=1S/C25H21ClFN5O5S/c1-11(2)31-21-19(29-22(31)12-9-28-25(35-4)30-23(12)34-3)24(33)32(20(21)17-5-6-18(26)38-17)14-8-16-15(7-13(14)27)36-10-37-16/h5-9,11,20H,10H2,1-4H3/t20-/m1/s1. The first kappa shape index (κ1) is 24.4. The summed E-state index contributed by atoms with van der Waals surface area (Å²) in [6.07, 6.45) is 1.54. The van der Waals surface area contributed by atoms with Gasteiger partial charge >= 0.3 is 6.01 Å². The van der Waals surface area contributed by atoms with Crippen molar-refractivity contribution in [1.29, 1.82) is 0 Å². The second-order valence-electron chi connectivity index (χ2n) is 8.79. The normalized spacial score (nSPS) is 15.9. The molecule has 5 heterocycles. The number of benzene rings is 1. The molecule has 13 heteroatoms. The van der Waals surface area contributed by atoms with Crippen molar-refractivity contribution in [1.82, 2.24) is 19.5 Å². The van der Waals surface area contributed by atoms with Gasteiger partial charge in [-0.15, -0.1) is 11.3 Å². The van der Waals surface area contributed by atoms with Gasteiger partial charge in [0.1, 0.15) is 11.9 Å². The minimum atomic E-state index is -0.710. The number of methoxy groups -OCH3 is 2. The lowest BCUT2D eigenvalue weighted by Crippen LogP contribution is -2.30. The van der Waals surface area contributed by atoms with Crippen LogP contribution in [0.5, 0.6) is 23.4 Å². The minimum Gasteiger partial charge on any atom is -0.480 e. The number of imidazole rings is 1. The summed E-state index contributed by atoms with van der Waals surface area (Å²) >= 11 is 7.62. The van der Waals surface area contributed by atoms with Crippen LogP contribution in [0.25, 0.3) is 11.4 Å². The first-order chi connectivity index (χ1) is 18.3. The number of hydrogen-bond donors (Lipinski definition) is 0. The molecule has 0 spiro atoms. The number of aromatic nitrogens is 4. The molecule has 4 aromatic rings. The van der Waals surface area contributed by atoms with Crippen LogP contribution in [-0.2, 0) is 0 Å². The molecule has 6 rings (SSSR count). The van der Waals surface area contributed by atoms with Gasteiger partial charge in [-0.25, -0.2) is 14.4 Å². The van der Waals surface area contributed by atoms with Crippen molar-refractivity contribution in [3.05, 3.63) is 56.9 Å². The van der Waals surface area contributed by atoms with E-state index in [0.29, 0.717) is 27.2 Å². The third kappa shape index (κ3) is 3.66. The molecule has 1 atom stereocenters. The molecule has 38 heavy (non-hydrogen) atoms. The highest BCUT2D eigenvalue weighted by Crippen LogP contribution is 2.49. The molecule has 0 N–H and O–H groups in total. The lowest BCUT2D eigenvalue weighted by atomic mass is 10.1. The van der Waals surface area contributed by atoms with Crippen LogP contribution in [-0.4, -0.2) is 46.4 Å². The summed E-state index contributed by atoms with van der Waals surface area (Å²) in [5.74, 6) is 0.225. The molecule has 1 amide bonds. The smallest absolute Gasteiger partial charge is 0.319 e. The summed E-state index contributed by atoms with van der Waals surface area (Å²) in [5, 5.41) is 0. The highest BCUT2D eigenvalue weighted by atomic mass is 35.5. The van der Waals surface area contributed by atoms with Crippen molar-refractivity contribution in [3.63, 3.8) is 0 Å². The van der Waals surface area contributed by atoms with Gasteiger partial charge in [0.2, 0.25) is 12.7 Å². The van der Waals surface area contributed by atoms with E-state index in [1.54, 1.807) is 6.07 Å². The molecule has 2 aliphatic rings. The van der Waals surface area contributed by atoms with E-state index in [2.05, 4.69) is 9.97 Å². The van der Waals surface area contributed by atoms with Crippen molar-refractivity contribution in [3.8, 4) is 34.8 Å². The Balaban J connectivity index is 1.59. The molecule has 0 unspecified atom stereocenters. The molecular formula is C25H21ClFN5O5S. The Hall–Kier alpha value is -3.90. The van der Waals surface area contributed by atoms with Crippen molar-refractivity contribution in [2.24, 2.45) is 0 Å². The molecule has 0 fully saturated rings. The number of carbonyl (C=O) groups excluding carboxylic acids is 1. The Morgan fingerprint density at radius 3 is 2.58 bits per heavy atom. The zero-order valence-corrected chi connectivity index (χ0v) is 22.3. The van der Waals surface area contributed by atoms with E-state index in [9.17, 15) is 4.79 Å². The first-order valence-electron chi connectivity index (χ1n) is 11.6. The molecule has 0 saturated carbocycles. The van der Waals surface area contributed by atoms with E-state index >= 15 is 4.39 Å². The first-order valence-corrected chi connectivity index (χ1v) is 12.8. The Kier molecular flexibility index (Phi) is 5.88. The van der Waals surface area contributed by atoms with E-state index in [1.165, 1.54) is 48.8 Å². The van der Waals surface area contributed by atoms with Crippen LogP contribution in [0.1, 0.15) is 47.0 Å². The largest absolute Gasteiger partial charge is 0.480 e. The molecular weight excluding hydrogens is 537 g/mol. The number of rotatable bonds is 6. The molecule has 196 valence electrons. The molecule has 10 nitrogen and oxygen atoms in total. The number of halogens is 2. The van der Waals surface area contributed by atoms with Gasteiger partial charge in [0, 0.05) is 29.2 Å². The fourth-order valence-electron chi connectivity index (χ4n) is 4.77. The lowest BCUT2D eigenvalue weighted by molar-refractivity contribution is 0.0989. The Labute approximate surface area is 225 Å². The van der Waals surface area contributed by atoms with Gasteiger partial charge in [0.15, 0.2) is 23.0 Å². The van der Waals surface area contributed by atoms with Crippen LogP contribution in [0.2, 0.25) is 4.34 Å². The zero-order valence-electron chi connectivity index (χ0n) is 20.7. The van der Waals surface area contributed by atoms with Crippen LogP contribution >= 0.6 is 22.9 Å². The summed E-state index contributed by atoms with van der Waals surface area (Å²) in [5.41, 5.74) is 1.30. The maximum Gasteiger partial charge on any atom is 0.319 e. The van der Waals surface area contributed by atoms with Crippen LogP contribution in [0, 0.1) is 5.82 Å². The van der Waals surface area contributed by atoms with Gasteiger partial charge in [0.05, 0.1) is 35.5 Å². The highest BCUT2D eigenvalue weighted by Gasteiger charge is 2.47. The number of amides is 1. The third-order valence-corrected chi connectivity index (χ3v) is 7.60. The number of hydrogen-bond acceptors (Lipinski definition) is 9. The maximum absolute atomic E-state index is 15.4. The van der Waals surface area contributed by atoms with Crippen LogP contribution < -0.4 is 23.8 Å².